The first-order chi connectivity index (χ1) is 7.02. The number of rotatable bonds is 3. The Balaban J connectivity index is 2.94. The van der Waals surface area contributed by atoms with Gasteiger partial charge in [-0.3, -0.25) is 4.79 Å². The fourth-order valence-electron chi connectivity index (χ4n) is 1.01. The molecule has 0 saturated heterocycles. The van der Waals surface area contributed by atoms with Crippen LogP contribution >= 0.6 is 0 Å². The molecule has 5 heteroatoms. The molecule has 0 aliphatic heterocycles. The summed E-state index contributed by atoms with van der Waals surface area (Å²) in [5.74, 6) is -2.03. The van der Waals surface area contributed by atoms with Crippen molar-refractivity contribution in [2.75, 3.05) is 5.32 Å². The van der Waals surface area contributed by atoms with Crippen molar-refractivity contribution in [3.05, 3.63) is 29.8 Å². The molecule has 15 heavy (non-hydrogen) atoms. The number of carboxylic acid groups (broad SMARTS) is 1. The number of para-hydroxylation sites is 1. The summed E-state index contributed by atoms with van der Waals surface area (Å²) in [5, 5.41) is 11.0. The van der Waals surface area contributed by atoms with E-state index in [9.17, 15) is 14.0 Å². The van der Waals surface area contributed by atoms with E-state index >= 15 is 0 Å². The molecule has 1 aromatic carbocycles. The average molecular weight is 211 g/mol. The minimum Gasteiger partial charge on any atom is -0.478 e. The third-order valence-corrected chi connectivity index (χ3v) is 1.78. The van der Waals surface area contributed by atoms with Crippen LogP contribution in [0.5, 0.6) is 0 Å². The fourth-order valence-corrected chi connectivity index (χ4v) is 1.01. The number of anilines is 1. The number of amides is 1. The molecule has 0 heterocycles. The van der Waals surface area contributed by atoms with Gasteiger partial charge in [-0.25, -0.2) is 9.18 Å². The van der Waals surface area contributed by atoms with E-state index in [0.29, 0.717) is 0 Å². The lowest BCUT2D eigenvalue weighted by molar-refractivity contribution is -0.120. The standard InChI is InChI=1S/C10H10FNO3/c1-6(11)9(13)12-8-5-3-2-4-7(8)10(14)15/h2-6H,1H3,(H,12,13)(H,14,15). The predicted octanol–water partition coefficient (Wildman–Crippen LogP) is 1.68. The van der Waals surface area contributed by atoms with Gasteiger partial charge < -0.3 is 10.4 Å². The highest BCUT2D eigenvalue weighted by molar-refractivity contribution is 6.01. The summed E-state index contributed by atoms with van der Waals surface area (Å²) in [5.41, 5.74) is 0.0333. The van der Waals surface area contributed by atoms with Crippen molar-refractivity contribution in [3.8, 4) is 0 Å². The van der Waals surface area contributed by atoms with E-state index in [0.717, 1.165) is 6.92 Å². The minimum atomic E-state index is -1.67. The molecule has 1 unspecified atom stereocenters. The van der Waals surface area contributed by atoms with Gasteiger partial charge in [0.2, 0.25) is 0 Å². The number of carbonyl (C=O) groups is 2. The van der Waals surface area contributed by atoms with Crippen LogP contribution in [-0.4, -0.2) is 23.2 Å². The summed E-state index contributed by atoms with van der Waals surface area (Å²) in [6, 6.07) is 5.83. The molecule has 0 spiro atoms. The molecule has 0 aromatic heterocycles. The van der Waals surface area contributed by atoms with Crippen molar-refractivity contribution in [2.24, 2.45) is 0 Å². The van der Waals surface area contributed by atoms with Gasteiger partial charge >= 0.3 is 5.97 Å². The van der Waals surface area contributed by atoms with Crippen LogP contribution < -0.4 is 5.32 Å². The number of carbonyl (C=O) groups excluding carboxylic acids is 1. The van der Waals surface area contributed by atoms with Gasteiger partial charge in [0, 0.05) is 0 Å². The number of benzene rings is 1. The summed E-state index contributed by atoms with van der Waals surface area (Å²) >= 11 is 0. The van der Waals surface area contributed by atoms with E-state index in [1.165, 1.54) is 18.2 Å². The van der Waals surface area contributed by atoms with Gasteiger partial charge in [0.25, 0.3) is 5.91 Å². The highest BCUT2D eigenvalue weighted by Gasteiger charge is 2.15. The van der Waals surface area contributed by atoms with Gasteiger partial charge in [-0.2, -0.15) is 0 Å². The van der Waals surface area contributed by atoms with E-state index in [1.54, 1.807) is 6.07 Å². The van der Waals surface area contributed by atoms with Crippen molar-refractivity contribution in [1.29, 1.82) is 0 Å². The lowest BCUT2D eigenvalue weighted by atomic mass is 10.2. The quantitative estimate of drug-likeness (QED) is 0.799. The molecule has 0 bridgehead atoms. The van der Waals surface area contributed by atoms with Crippen molar-refractivity contribution >= 4 is 17.6 Å². The molecule has 1 rings (SSSR count). The average Bonchev–Trinajstić information content (AvgIpc) is 2.18. The van der Waals surface area contributed by atoms with Crippen LogP contribution in [0.15, 0.2) is 24.3 Å². The van der Waals surface area contributed by atoms with Crippen LogP contribution in [0.25, 0.3) is 0 Å². The summed E-state index contributed by atoms with van der Waals surface area (Å²) < 4.78 is 12.6. The number of halogens is 1. The second-order valence-electron chi connectivity index (χ2n) is 2.96. The highest BCUT2D eigenvalue weighted by atomic mass is 19.1. The van der Waals surface area contributed by atoms with Crippen LogP contribution in [0.3, 0.4) is 0 Å². The van der Waals surface area contributed by atoms with E-state index in [1.807, 2.05) is 0 Å². The Kier molecular flexibility index (Phi) is 3.38. The fraction of sp³-hybridized carbons (Fsp3) is 0.200. The number of nitrogens with one attached hydrogen (secondary N) is 1. The zero-order valence-electron chi connectivity index (χ0n) is 8.03. The van der Waals surface area contributed by atoms with Gasteiger partial charge in [0.15, 0.2) is 6.17 Å². The van der Waals surface area contributed by atoms with E-state index in [-0.39, 0.29) is 11.3 Å². The first-order valence-corrected chi connectivity index (χ1v) is 4.29. The largest absolute Gasteiger partial charge is 0.478 e. The second kappa shape index (κ2) is 4.54. The number of alkyl halides is 1. The molecule has 1 atom stereocenters. The van der Waals surface area contributed by atoms with Crippen molar-refractivity contribution < 1.29 is 19.1 Å². The maximum atomic E-state index is 12.6. The molecule has 0 radical (unpaired) electrons. The Labute approximate surface area is 85.7 Å². The maximum Gasteiger partial charge on any atom is 0.337 e. The van der Waals surface area contributed by atoms with E-state index < -0.39 is 18.0 Å². The number of hydrogen-bond acceptors (Lipinski definition) is 2. The SMILES string of the molecule is CC(F)C(=O)Nc1ccccc1C(=O)O. The lowest BCUT2D eigenvalue weighted by Gasteiger charge is -2.08. The Bertz CT molecular complexity index is 390. The Morgan fingerprint density at radius 2 is 2.00 bits per heavy atom. The minimum absolute atomic E-state index is 0.0634. The maximum absolute atomic E-state index is 12.6. The molecule has 0 saturated carbocycles. The summed E-state index contributed by atoms with van der Waals surface area (Å²) in [4.78, 5) is 21.7. The van der Waals surface area contributed by atoms with Gasteiger partial charge in [-0.15, -0.1) is 0 Å². The van der Waals surface area contributed by atoms with Gasteiger partial charge in [-0.1, -0.05) is 12.1 Å². The highest BCUT2D eigenvalue weighted by Crippen LogP contribution is 2.15. The van der Waals surface area contributed by atoms with Gasteiger partial charge in [-0.05, 0) is 19.1 Å². The number of hydrogen-bond donors (Lipinski definition) is 2. The molecule has 80 valence electrons. The Hall–Kier alpha value is -1.91. The van der Waals surface area contributed by atoms with Gasteiger partial charge in [0.05, 0.1) is 11.3 Å². The molecule has 2 N–H and O–H groups in total. The lowest BCUT2D eigenvalue weighted by Crippen LogP contribution is -2.22. The smallest absolute Gasteiger partial charge is 0.337 e. The Morgan fingerprint density at radius 1 is 1.40 bits per heavy atom. The van der Waals surface area contributed by atoms with Crippen molar-refractivity contribution in [2.45, 2.75) is 13.1 Å². The topological polar surface area (TPSA) is 66.4 Å². The monoisotopic (exact) mass is 211 g/mol. The first kappa shape index (κ1) is 11.2. The van der Waals surface area contributed by atoms with Crippen LogP contribution in [0, 0.1) is 0 Å². The summed E-state index contributed by atoms with van der Waals surface area (Å²) in [6.07, 6.45) is -1.67. The normalized spacial score (nSPS) is 11.9. The van der Waals surface area contributed by atoms with Crippen LogP contribution in [-0.2, 0) is 4.79 Å². The summed E-state index contributed by atoms with van der Waals surface area (Å²) in [7, 11) is 0. The van der Waals surface area contributed by atoms with Gasteiger partial charge in [0.1, 0.15) is 0 Å². The van der Waals surface area contributed by atoms with Crippen LogP contribution in [0.4, 0.5) is 10.1 Å². The molecule has 0 aliphatic carbocycles. The Morgan fingerprint density at radius 3 is 2.53 bits per heavy atom. The third kappa shape index (κ3) is 2.77. The van der Waals surface area contributed by atoms with E-state index in [2.05, 4.69) is 5.32 Å². The number of aromatic carboxylic acids is 1. The second-order valence-corrected chi connectivity index (χ2v) is 2.96. The first-order valence-electron chi connectivity index (χ1n) is 4.29. The summed E-state index contributed by atoms with van der Waals surface area (Å²) in [6.45, 7) is 1.08. The molecular weight excluding hydrogens is 201 g/mol. The van der Waals surface area contributed by atoms with Crippen LogP contribution in [0.1, 0.15) is 17.3 Å². The molecule has 1 amide bonds. The number of carboxylic acids is 1. The molecule has 0 aliphatic rings. The molecule has 1 aromatic rings. The van der Waals surface area contributed by atoms with Crippen molar-refractivity contribution in [3.63, 3.8) is 0 Å². The zero-order chi connectivity index (χ0) is 11.4. The molecule has 0 fully saturated rings. The molecule has 4 nitrogen and oxygen atoms in total. The predicted molar refractivity (Wildman–Crippen MR) is 52.6 cm³/mol. The molecular formula is C10H10FNO3. The van der Waals surface area contributed by atoms with Crippen molar-refractivity contribution in [1.82, 2.24) is 0 Å². The third-order valence-electron chi connectivity index (χ3n) is 1.78. The van der Waals surface area contributed by atoms with Crippen LogP contribution in [0.2, 0.25) is 0 Å². The zero-order valence-corrected chi connectivity index (χ0v) is 8.03. The van der Waals surface area contributed by atoms with E-state index in [4.69, 9.17) is 5.11 Å².